The second-order valence-electron chi connectivity index (χ2n) is 7.17. The van der Waals surface area contributed by atoms with Crippen LogP contribution in [-0.2, 0) is 17.6 Å². The SMILES string of the molecule is COc1ccccc1N1CCN(C(=O)[C@@H]2CCc3nc(C)[nH]c3C2)CC1. The quantitative estimate of drug-likeness (QED) is 0.918. The lowest BCUT2D eigenvalue weighted by molar-refractivity contribution is -0.136. The van der Waals surface area contributed by atoms with Gasteiger partial charge in [0, 0.05) is 44.2 Å². The number of carbonyl (C=O) groups is 1. The van der Waals surface area contributed by atoms with Gasteiger partial charge in [-0.15, -0.1) is 0 Å². The monoisotopic (exact) mass is 354 g/mol. The number of amides is 1. The van der Waals surface area contributed by atoms with E-state index in [0.717, 1.165) is 74.1 Å². The highest BCUT2D eigenvalue weighted by atomic mass is 16.5. The first-order chi connectivity index (χ1) is 12.7. The smallest absolute Gasteiger partial charge is 0.226 e. The molecule has 1 N–H and O–H groups in total. The summed E-state index contributed by atoms with van der Waals surface area (Å²) in [6.45, 7) is 5.19. The van der Waals surface area contributed by atoms with Crippen LogP contribution in [-0.4, -0.2) is 54.1 Å². The summed E-state index contributed by atoms with van der Waals surface area (Å²) in [5.41, 5.74) is 3.41. The largest absolute Gasteiger partial charge is 0.495 e. The van der Waals surface area contributed by atoms with Crippen molar-refractivity contribution in [3.05, 3.63) is 41.5 Å². The number of carbonyl (C=O) groups excluding carboxylic acids is 1. The lowest BCUT2D eigenvalue weighted by Crippen LogP contribution is -2.51. The highest BCUT2D eigenvalue weighted by molar-refractivity contribution is 5.80. The number of anilines is 1. The Morgan fingerprint density at radius 3 is 2.77 bits per heavy atom. The normalized spacial score (nSPS) is 20.0. The summed E-state index contributed by atoms with van der Waals surface area (Å²) >= 11 is 0. The van der Waals surface area contributed by atoms with Crippen molar-refractivity contribution in [3.8, 4) is 5.75 Å². The highest BCUT2D eigenvalue weighted by Gasteiger charge is 2.31. The van der Waals surface area contributed by atoms with Crippen LogP contribution >= 0.6 is 0 Å². The van der Waals surface area contributed by atoms with Gasteiger partial charge in [0.1, 0.15) is 11.6 Å². The number of benzene rings is 1. The number of ether oxygens (including phenoxy) is 1. The van der Waals surface area contributed by atoms with Gasteiger partial charge in [0.2, 0.25) is 5.91 Å². The molecule has 6 nitrogen and oxygen atoms in total. The average molecular weight is 354 g/mol. The number of piperazine rings is 1. The van der Waals surface area contributed by atoms with Gasteiger partial charge in [0.15, 0.2) is 0 Å². The summed E-state index contributed by atoms with van der Waals surface area (Å²) in [7, 11) is 1.70. The van der Waals surface area contributed by atoms with Crippen molar-refractivity contribution < 1.29 is 9.53 Å². The fourth-order valence-corrected chi connectivity index (χ4v) is 4.15. The number of imidazole rings is 1. The fourth-order valence-electron chi connectivity index (χ4n) is 4.15. The molecule has 0 spiro atoms. The maximum absolute atomic E-state index is 13.0. The molecule has 6 heteroatoms. The summed E-state index contributed by atoms with van der Waals surface area (Å²) < 4.78 is 5.47. The standard InChI is InChI=1S/C20H26N4O2/c1-14-21-16-8-7-15(13-17(16)22-14)20(25)24-11-9-23(10-12-24)18-5-3-4-6-19(18)26-2/h3-6,15H,7-13H2,1-2H3,(H,21,22)/t15-/m1/s1. The van der Waals surface area contributed by atoms with Crippen LogP contribution < -0.4 is 9.64 Å². The van der Waals surface area contributed by atoms with E-state index >= 15 is 0 Å². The number of para-hydroxylation sites is 2. The molecule has 138 valence electrons. The Bertz CT molecular complexity index is 793. The van der Waals surface area contributed by atoms with Crippen LogP contribution in [0.3, 0.4) is 0 Å². The number of aromatic nitrogens is 2. The molecule has 1 atom stereocenters. The lowest BCUT2D eigenvalue weighted by atomic mass is 9.88. The van der Waals surface area contributed by atoms with Crippen LogP contribution in [0, 0.1) is 12.8 Å². The van der Waals surface area contributed by atoms with Gasteiger partial charge in [-0.2, -0.15) is 0 Å². The number of hydrogen-bond donors (Lipinski definition) is 1. The summed E-state index contributed by atoms with van der Waals surface area (Å²) in [6, 6.07) is 8.08. The first-order valence-corrected chi connectivity index (χ1v) is 9.37. The molecular weight excluding hydrogens is 328 g/mol. The molecule has 1 aromatic carbocycles. The molecule has 0 saturated carbocycles. The van der Waals surface area contributed by atoms with E-state index in [1.165, 1.54) is 0 Å². The number of nitrogens with zero attached hydrogens (tertiary/aromatic N) is 3. The third-order valence-corrected chi connectivity index (χ3v) is 5.53. The molecule has 1 aliphatic heterocycles. The average Bonchev–Trinajstić information content (AvgIpc) is 3.06. The summed E-state index contributed by atoms with van der Waals surface area (Å²) in [5, 5.41) is 0. The molecule has 1 aromatic heterocycles. The van der Waals surface area contributed by atoms with Crippen LogP contribution in [0.1, 0.15) is 23.6 Å². The predicted molar refractivity (Wildman–Crippen MR) is 101 cm³/mol. The molecule has 2 aromatic rings. The molecule has 0 bridgehead atoms. The van der Waals surface area contributed by atoms with Crippen LogP contribution in [0.4, 0.5) is 5.69 Å². The number of aryl methyl sites for hydroxylation is 2. The number of H-pyrrole nitrogens is 1. The molecule has 1 fully saturated rings. The van der Waals surface area contributed by atoms with Crippen molar-refractivity contribution in [2.75, 3.05) is 38.2 Å². The maximum Gasteiger partial charge on any atom is 0.226 e. The molecule has 2 heterocycles. The maximum atomic E-state index is 13.0. The Balaban J connectivity index is 1.38. The van der Waals surface area contributed by atoms with Crippen LogP contribution in [0.25, 0.3) is 0 Å². The second kappa shape index (κ2) is 7.02. The van der Waals surface area contributed by atoms with Crippen molar-refractivity contribution in [3.63, 3.8) is 0 Å². The van der Waals surface area contributed by atoms with Gasteiger partial charge >= 0.3 is 0 Å². The van der Waals surface area contributed by atoms with Crippen molar-refractivity contribution in [1.29, 1.82) is 0 Å². The van der Waals surface area contributed by atoms with Gasteiger partial charge in [0.25, 0.3) is 0 Å². The van der Waals surface area contributed by atoms with E-state index in [1.807, 2.05) is 30.0 Å². The van der Waals surface area contributed by atoms with Crippen molar-refractivity contribution in [2.24, 2.45) is 5.92 Å². The van der Waals surface area contributed by atoms with Gasteiger partial charge < -0.3 is 19.5 Å². The number of nitrogens with one attached hydrogen (secondary N) is 1. The van der Waals surface area contributed by atoms with Crippen molar-refractivity contribution in [2.45, 2.75) is 26.2 Å². The van der Waals surface area contributed by atoms with Crippen LogP contribution in [0.5, 0.6) is 5.75 Å². The zero-order valence-corrected chi connectivity index (χ0v) is 15.5. The molecule has 0 unspecified atom stereocenters. The van der Waals surface area contributed by atoms with Gasteiger partial charge in [-0.3, -0.25) is 4.79 Å². The van der Waals surface area contributed by atoms with E-state index in [4.69, 9.17) is 4.74 Å². The fraction of sp³-hybridized carbons (Fsp3) is 0.500. The molecule has 4 rings (SSSR count). The number of fused-ring (bicyclic) bond motifs is 1. The third-order valence-electron chi connectivity index (χ3n) is 5.53. The van der Waals surface area contributed by atoms with Crippen molar-refractivity contribution in [1.82, 2.24) is 14.9 Å². The van der Waals surface area contributed by atoms with Crippen molar-refractivity contribution >= 4 is 11.6 Å². The second-order valence-corrected chi connectivity index (χ2v) is 7.17. The van der Waals surface area contributed by atoms with Gasteiger partial charge in [-0.25, -0.2) is 4.98 Å². The number of hydrogen-bond acceptors (Lipinski definition) is 4. The van der Waals surface area contributed by atoms with E-state index in [-0.39, 0.29) is 5.92 Å². The van der Waals surface area contributed by atoms with E-state index in [2.05, 4.69) is 20.9 Å². The first-order valence-electron chi connectivity index (χ1n) is 9.37. The van der Waals surface area contributed by atoms with E-state index < -0.39 is 0 Å². The molecule has 2 aliphatic rings. The summed E-state index contributed by atoms with van der Waals surface area (Å²) in [6.07, 6.45) is 2.60. The van der Waals surface area contributed by atoms with Gasteiger partial charge in [0.05, 0.1) is 18.5 Å². The van der Waals surface area contributed by atoms with Crippen LogP contribution in [0.15, 0.2) is 24.3 Å². The zero-order chi connectivity index (χ0) is 18.1. The van der Waals surface area contributed by atoms with Gasteiger partial charge in [-0.05, 0) is 31.9 Å². The first kappa shape index (κ1) is 16.9. The Morgan fingerprint density at radius 2 is 2.00 bits per heavy atom. The van der Waals surface area contributed by atoms with Crippen LogP contribution in [0.2, 0.25) is 0 Å². The topological polar surface area (TPSA) is 61.5 Å². The Labute approximate surface area is 154 Å². The molecular formula is C20H26N4O2. The zero-order valence-electron chi connectivity index (χ0n) is 15.5. The Hall–Kier alpha value is -2.50. The molecule has 1 saturated heterocycles. The Morgan fingerprint density at radius 1 is 1.23 bits per heavy atom. The lowest BCUT2D eigenvalue weighted by Gasteiger charge is -2.38. The summed E-state index contributed by atoms with van der Waals surface area (Å²) in [5.74, 6) is 2.22. The van der Waals surface area contributed by atoms with E-state index in [9.17, 15) is 4.79 Å². The van der Waals surface area contributed by atoms with Gasteiger partial charge in [-0.1, -0.05) is 12.1 Å². The minimum Gasteiger partial charge on any atom is -0.495 e. The molecule has 1 amide bonds. The minimum absolute atomic E-state index is 0.0835. The predicted octanol–water partition coefficient (Wildman–Crippen LogP) is 2.18. The number of aromatic amines is 1. The molecule has 26 heavy (non-hydrogen) atoms. The number of methoxy groups -OCH3 is 1. The van der Waals surface area contributed by atoms with E-state index in [0.29, 0.717) is 5.91 Å². The minimum atomic E-state index is 0.0835. The number of rotatable bonds is 3. The molecule has 1 aliphatic carbocycles. The molecule has 0 radical (unpaired) electrons. The Kier molecular flexibility index (Phi) is 4.57. The summed E-state index contributed by atoms with van der Waals surface area (Å²) in [4.78, 5) is 25.2. The van der Waals surface area contributed by atoms with E-state index in [1.54, 1.807) is 7.11 Å². The third kappa shape index (κ3) is 3.16. The highest BCUT2D eigenvalue weighted by Crippen LogP contribution is 2.29.